The van der Waals surface area contributed by atoms with Crippen LogP contribution in [-0.2, 0) is 14.4 Å². The molecule has 186 valence electrons. The summed E-state index contributed by atoms with van der Waals surface area (Å²) in [5, 5.41) is 20.5. The maximum absolute atomic E-state index is 12.7. The Morgan fingerprint density at radius 2 is 1.76 bits per heavy atom. The minimum atomic E-state index is -0.401. The van der Waals surface area contributed by atoms with E-state index in [1.807, 2.05) is 62.6 Å². The molecule has 2 rings (SSSR count). The van der Waals surface area contributed by atoms with Gasteiger partial charge in [0.05, 0.1) is 5.57 Å². The number of amides is 2. The normalized spacial score (nSPS) is 10.9. The molecule has 0 bridgehead atoms. The van der Waals surface area contributed by atoms with E-state index in [9.17, 15) is 9.59 Å². The molecule has 2 amide bonds. The zero-order chi connectivity index (χ0) is 25.2. The fraction of sp³-hybridized carbons (Fsp3) is 0.400. The Morgan fingerprint density at radius 1 is 1.06 bits per heavy atom. The molecule has 0 aromatic heterocycles. The average molecular weight is 474 g/mol. The van der Waals surface area contributed by atoms with Gasteiger partial charge in [0, 0.05) is 18.4 Å². The third kappa shape index (κ3) is 11.4. The number of hydrogen-bond donors (Lipinski definition) is 4. The van der Waals surface area contributed by atoms with Gasteiger partial charge in [-0.25, -0.2) is 5.48 Å². The number of nitrogens with one attached hydrogen (secondary N) is 2. The van der Waals surface area contributed by atoms with Crippen LogP contribution >= 0.6 is 0 Å². The predicted octanol–water partition coefficient (Wildman–Crippen LogP) is 2.98. The first-order chi connectivity index (χ1) is 16.4. The summed E-state index contributed by atoms with van der Waals surface area (Å²) in [6.07, 6.45) is 5.01. The number of hydrogen-bond acceptors (Lipinski definition) is 6. The van der Waals surface area contributed by atoms with E-state index in [0.29, 0.717) is 25.0 Å². The van der Waals surface area contributed by atoms with Gasteiger partial charge in [0.15, 0.2) is 0 Å². The van der Waals surface area contributed by atoms with Crippen molar-refractivity contribution in [3.05, 3.63) is 54.1 Å². The van der Waals surface area contributed by atoms with Crippen molar-refractivity contribution in [1.29, 1.82) is 0 Å². The number of hydroxylamine groups is 1. The lowest BCUT2D eigenvalue weighted by atomic mass is 10.1. The summed E-state index contributed by atoms with van der Waals surface area (Å²) in [5.41, 5.74) is 2.20. The van der Waals surface area contributed by atoms with Gasteiger partial charge in [0.1, 0.15) is 12.4 Å². The lowest BCUT2D eigenvalue weighted by molar-refractivity contribution is -0.129. The SMILES string of the molecule is CN(C)CCCNC(=O)/C(=C/CCCCC(=O)NO)COc1cccc2ccccc12.O=CO. The highest BCUT2D eigenvalue weighted by molar-refractivity contribution is 5.94. The number of carbonyl (C=O) groups excluding carboxylic acids is 2. The zero-order valence-electron chi connectivity index (χ0n) is 19.8. The lowest BCUT2D eigenvalue weighted by Gasteiger charge is -2.14. The number of carboxylic acid groups (broad SMARTS) is 1. The molecule has 0 saturated heterocycles. The van der Waals surface area contributed by atoms with Gasteiger partial charge in [-0.3, -0.25) is 19.6 Å². The first-order valence-corrected chi connectivity index (χ1v) is 11.2. The van der Waals surface area contributed by atoms with Crippen LogP contribution in [0.5, 0.6) is 5.75 Å². The van der Waals surface area contributed by atoms with Crippen LogP contribution in [0.3, 0.4) is 0 Å². The Labute approximate surface area is 200 Å². The summed E-state index contributed by atoms with van der Waals surface area (Å²) in [4.78, 5) is 34.3. The van der Waals surface area contributed by atoms with Crippen LogP contribution in [0.2, 0.25) is 0 Å². The molecule has 2 aromatic rings. The number of nitrogens with zero attached hydrogens (tertiary/aromatic N) is 1. The topological polar surface area (TPSA) is 128 Å². The summed E-state index contributed by atoms with van der Waals surface area (Å²) >= 11 is 0. The Morgan fingerprint density at radius 3 is 2.47 bits per heavy atom. The standard InChI is InChI=1S/C24H33N3O4.CH2O2/c1-27(2)17-9-16-25-24(29)20(11-4-3-5-15-23(28)26-30)18-31-22-14-8-12-19-10-6-7-13-21(19)22;2-1-3/h6-8,10-14,30H,3-5,9,15-18H2,1-2H3,(H,25,29)(H,26,28);1H,(H,2,3)/b20-11+;. The molecule has 4 N–H and O–H groups in total. The van der Waals surface area contributed by atoms with Crippen LogP contribution in [0.4, 0.5) is 0 Å². The molecule has 0 saturated carbocycles. The van der Waals surface area contributed by atoms with Crippen LogP contribution in [0, 0.1) is 0 Å². The molecule has 9 nitrogen and oxygen atoms in total. The van der Waals surface area contributed by atoms with Crippen LogP contribution < -0.4 is 15.5 Å². The summed E-state index contributed by atoms with van der Waals surface area (Å²) in [6.45, 7) is 1.42. The number of ether oxygens (including phenoxy) is 1. The second-order valence-corrected chi connectivity index (χ2v) is 7.79. The van der Waals surface area contributed by atoms with Crippen molar-refractivity contribution in [3.63, 3.8) is 0 Å². The molecule has 2 aromatic carbocycles. The molecule has 0 heterocycles. The van der Waals surface area contributed by atoms with Gasteiger partial charge in [0.25, 0.3) is 6.47 Å². The van der Waals surface area contributed by atoms with Gasteiger partial charge in [-0.1, -0.05) is 42.5 Å². The molecular formula is C25H35N3O6. The smallest absolute Gasteiger partial charge is 0.290 e. The molecule has 34 heavy (non-hydrogen) atoms. The highest BCUT2D eigenvalue weighted by atomic mass is 16.5. The van der Waals surface area contributed by atoms with Gasteiger partial charge in [-0.15, -0.1) is 0 Å². The van der Waals surface area contributed by atoms with Gasteiger partial charge < -0.3 is 20.1 Å². The second-order valence-electron chi connectivity index (χ2n) is 7.79. The Kier molecular flexibility index (Phi) is 14.4. The molecule has 0 unspecified atom stereocenters. The van der Waals surface area contributed by atoms with Crippen molar-refractivity contribution in [3.8, 4) is 5.75 Å². The summed E-state index contributed by atoms with van der Waals surface area (Å²) < 4.78 is 6.03. The van der Waals surface area contributed by atoms with Crippen molar-refractivity contribution in [2.75, 3.05) is 33.8 Å². The van der Waals surface area contributed by atoms with Crippen LogP contribution in [0.15, 0.2) is 54.1 Å². The summed E-state index contributed by atoms with van der Waals surface area (Å²) in [5.74, 6) is 0.207. The molecular weight excluding hydrogens is 438 g/mol. The molecule has 0 radical (unpaired) electrons. The van der Waals surface area contributed by atoms with Gasteiger partial charge in [-0.05, 0) is 57.8 Å². The van der Waals surface area contributed by atoms with Crippen LogP contribution in [-0.4, -0.2) is 67.3 Å². The minimum absolute atomic E-state index is 0.132. The first-order valence-electron chi connectivity index (χ1n) is 11.2. The van der Waals surface area contributed by atoms with E-state index in [1.165, 1.54) is 0 Å². The van der Waals surface area contributed by atoms with Crippen molar-refractivity contribution in [2.24, 2.45) is 0 Å². The largest absolute Gasteiger partial charge is 0.488 e. The van der Waals surface area contributed by atoms with Crippen molar-refractivity contribution < 1.29 is 29.4 Å². The van der Waals surface area contributed by atoms with E-state index in [0.717, 1.165) is 35.9 Å². The Balaban J connectivity index is 0.00000182. The van der Waals surface area contributed by atoms with E-state index in [2.05, 4.69) is 10.2 Å². The van der Waals surface area contributed by atoms with Crippen molar-refractivity contribution in [2.45, 2.75) is 32.1 Å². The molecule has 0 aliphatic rings. The molecule has 0 atom stereocenters. The third-order valence-electron chi connectivity index (χ3n) is 4.87. The van der Waals surface area contributed by atoms with E-state index in [4.69, 9.17) is 19.8 Å². The van der Waals surface area contributed by atoms with Gasteiger partial charge in [0.2, 0.25) is 11.8 Å². The monoisotopic (exact) mass is 473 g/mol. The predicted molar refractivity (Wildman–Crippen MR) is 131 cm³/mol. The van der Waals surface area contributed by atoms with E-state index < -0.39 is 5.91 Å². The quantitative estimate of drug-likeness (QED) is 0.116. The molecule has 0 fully saturated rings. The van der Waals surface area contributed by atoms with E-state index in [-0.39, 0.29) is 25.4 Å². The maximum atomic E-state index is 12.7. The van der Waals surface area contributed by atoms with E-state index >= 15 is 0 Å². The molecule has 9 heteroatoms. The fourth-order valence-electron chi connectivity index (χ4n) is 3.17. The molecule has 0 aliphatic heterocycles. The third-order valence-corrected chi connectivity index (χ3v) is 4.87. The zero-order valence-corrected chi connectivity index (χ0v) is 19.8. The number of allylic oxidation sites excluding steroid dienone is 1. The molecule has 0 aliphatic carbocycles. The number of benzene rings is 2. The highest BCUT2D eigenvalue weighted by Crippen LogP contribution is 2.25. The minimum Gasteiger partial charge on any atom is -0.488 e. The van der Waals surface area contributed by atoms with Crippen LogP contribution in [0.25, 0.3) is 10.8 Å². The number of fused-ring (bicyclic) bond motifs is 1. The maximum Gasteiger partial charge on any atom is 0.290 e. The Hall–Kier alpha value is -3.43. The van der Waals surface area contributed by atoms with Gasteiger partial charge >= 0.3 is 0 Å². The number of carbonyl (C=O) groups is 3. The number of unbranched alkanes of at least 4 members (excludes halogenated alkanes) is 2. The molecule has 0 spiro atoms. The van der Waals surface area contributed by atoms with Crippen molar-refractivity contribution >= 4 is 29.1 Å². The first kappa shape index (κ1) is 28.6. The van der Waals surface area contributed by atoms with Crippen molar-refractivity contribution in [1.82, 2.24) is 15.7 Å². The lowest BCUT2D eigenvalue weighted by Crippen LogP contribution is -2.30. The summed E-state index contributed by atoms with van der Waals surface area (Å²) in [7, 11) is 4.00. The van der Waals surface area contributed by atoms with Gasteiger partial charge in [-0.2, -0.15) is 0 Å². The van der Waals surface area contributed by atoms with Crippen LogP contribution in [0.1, 0.15) is 32.1 Å². The fourth-order valence-corrected chi connectivity index (χ4v) is 3.17. The highest BCUT2D eigenvalue weighted by Gasteiger charge is 2.11. The second kappa shape index (κ2) is 17.1. The number of rotatable bonds is 13. The Bertz CT molecular complexity index is 925. The summed E-state index contributed by atoms with van der Waals surface area (Å²) in [6, 6.07) is 13.8. The average Bonchev–Trinajstić information content (AvgIpc) is 2.83. The van der Waals surface area contributed by atoms with E-state index in [1.54, 1.807) is 5.48 Å².